The van der Waals surface area contributed by atoms with E-state index in [2.05, 4.69) is 10.0 Å². The molecular formula is C13H20N2O3S. The zero-order valence-electron chi connectivity index (χ0n) is 11.3. The third-order valence-corrected chi connectivity index (χ3v) is 4.83. The first-order valence-electron chi connectivity index (χ1n) is 6.41. The summed E-state index contributed by atoms with van der Waals surface area (Å²) >= 11 is 0. The van der Waals surface area contributed by atoms with Crippen LogP contribution in [0.2, 0.25) is 0 Å². The second kappa shape index (κ2) is 5.90. The van der Waals surface area contributed by atoms with Crippen molar-refractivity contribution in [2.24, 2.45) is 0 Å². The van der Waals surface area contributed by atoms with E-state index in [1.54, 1.807) is 13.0 Å². The Balaban J connectivity index is 2.21. The molecule has 2 rings (SSSR count). The van der Waals surface area contributed by atoms with E-state index in [9.17, 15) is 8.42 Å². The van der Waals surface area contributed by atoms with Gasteiger partial charge >= 0.3 is 0 Å². The van der Waals surface area contributed by atoms with Crippen LogP contribution in [-0.4, -0.2) is 34.7 Å². The van der Waals surface area contributed by atoms with Gasteiger partial charge in [0.05, 0.1) is 11.5 Å². The summed E-state index contributed by atoms with van der Waals surface area (Å²) in [4.78, 5) is 0.316. The van der Waals surface area contributed by atoms with Crippen molar-refractivity contribution in [1.29, 1.82) is 0 Å². The zero-order chi connectivity index (χ0) is 13.9. The summed E-state index contributed by atoms with van der Waals surface area (Å²) < 4.78 is 31.6. The van der Waals surface area contributed by atoms with E-state index >= 15 is 0 Å². The highest BCUT2D eigenvalue weighted by Crippen LogP contribution is 2.21. The lowest BCUT2D eigenvalue weighted by molar-refractivity contribution is 0.0876. The van der Waals surface area contributed by atoms with Gasteiger partial charge in [0.15, 0.2) is 0 Å². The van der Waals surface area contributed by atoms with Gasteiger partial charge in [-0.15, -0.1) is 0 Å². The van der Waals surface area contributed by atoms with Crippen LogP contribution in [0.3, 0.4) is 0 Å². The van der Waals surface area contributed by atoms with Gasteiger partial charge < -0.3 is 10.1 Å². The predicted octanol–water partition coefficient (Wildman–Crippen LogP) is 1.49. The lowest BCUT2D eigenvalue weighted by Crippen LogP contribution is -2.30. The van der Waals surface area contributed by atoms with Gasteiger partial charge in [-0.1, -0.05) is 6.07 Å². The summed E-state index contributed by atoms with van der Waals surface area (Å²) in [5.74, 6) is 0. The molecule has 1 aliphatic rings. The van der Waals surface area contributed by atoms with E-state index in [4.69, 9.17) is 4.74 Å². The Labute approximate surface area is 114 Å². The van der Waals surface area contributed by atoms with Gasteiger partial charge in [0.2, 0.25) is 10.0 Å². The van der Waals surface area contributed by atoms with Crippen LogP contribution in [-0.2, 0) is 14.8 Å². The average Bonchev–Trinajstić information content (AvgIpc) is 2.42. The number of nitrogens with one attached hydrogen (secondary N) is 2. The van der Waals surface area contributed by atoms with Gasteiger partial charge in [-0.2, -0.15) is 0 Å². The van der Waals surface area contributed by atoms with Crippen molar-refractivity contribution in [2.45, 2.75) is 30.7 Å². The Morgan fingerprint density at radius 3 is 2.79 bits per heavy atom. The van der Waals surface area contributed by atoms with Crippen LogP contribution in [0.25, 0.3) is 0 Å². The normalized spacial score (nSPS) is 20.2. The Kier molecular flexibility index (Phi) is 4.44. The quantitative estimate of drug-likeness (QED) is 0.879. The predicted molar refractivity (Wildman–Crippen MR) is 74.9 cm³/mol. The Hall–Kier alpha value is -1.11. The van der Waals surface area contributed by atoms with Crippen molar-refractivity contribution in [3.8, 4) is 0 Å². The zero-order valence-corrected chi connectivity index (χ0v) is 12.1. The van der Waals surface area contributed by atoms with Crippen molar-refractivity contribution in [2.75, 3.05) is 25.6 Å². The molecule has 1 saturated heterocycles. The third kappa shape index (κ3) is 3.46. The smallest absolute Gasteiger partial charge is 0.240 e. The standard InChI is InChI=1S/C13H20N2O3S/c1-10-5-6-11(8-13(10)19(16,17)14-2)15-12-4-3-7-18-9-12/h5-6,8,12,14-15H,3-4,7,9H2,1-2H3. The molecule has 1 aromatic rings. The highest BCUT2D eigenvalue weighted by Gasteiger charge is 2.17. The maximum atomic E-state index is 11.9. The van der Waals surface area contributed by atoms with Gasteiger partial charge in [-0.25, -0.2) is 13.1 Å². The van der Waals surface area contributed by atoms with E-state index in [1.807, 2.05) is 12.1 Å². The number of hydrogen-bond donors (Lipinski definition) is 2. The molecule has 106 valence electrons. The number of sulfonamides is 1. The molecule has 1 unspecified atom stereocenters. The number of hydrogen-bond acceptors (Lipinski definition) is 4. The molecule has 0 radical (unpaired) electrons. The number of rotatable bonds is 4. The fourth-order valence-electron chi connectivity index (χ4n) is 2.18. The fourth-order valence-corrected chi connectivity index (χ4v) is 3.17. The van der Waals surface area contributed by atoms with Crippen molar-refractivity contribution in [1.82, 2.24) is 4.72 Å². The highest BCUT2D eigenvalue weighted by atomic mass is 32.2. The van der Waals surface area contributed by atoms with Crippen molar-refractivity contribution >= 4 is 15.7 Å². The van der Waals surface area contributed by atoms with Gasteiger partial charge in [-0.05, 0) is 44.5 Å². The number of ether oxygens (including phenoxy) is 1. The van der Waals surface area contributed by atoms with Gasteiger partial charge in [-0.3, -0.25) is 0 Å². The van der Waals surface area contributed by atoms with E-state index < -0.39 is 10.0 Å². The van der Waals surface area contributed by atoms with Crippen LogP contribution < -0.4 is 10.0 Å². The first kappa shape index (κ1) is 14.3. The maximum absolute atomic E-state index is 11.9. The van der Waals surface area contributed by atoms with Crippen molar-refractivity contribution in [3.63, 3.8) is 0 Å². The molecule has 0 amide bonds. The first-order chi connectivity index (χ1) is 9.03. The summed E-state index contributed by atoms with van der Waals surface area (Å²) in [6, 6.07) is 5.64. The molecule has 0 aromatic heterocycles. The lowest BCUT2D eigenvalue weighted by Gasteiger charge is -2.24. The van der Waals surface area contributed by atoms with Crippen molar-refractivity contribution in [3.05, 3.63) is 23.8 Å². The molecule has 6 heteroatoms. The van der Waals surface area contributed by atoms with Gasteiger partial charge in [0, 0.05) is 18.3 Å². The first-order valence-corrected chi connectivity index (χ1v) is 7.90. The number of benzene rings is 1. The van der Waals surface area contributed by atoms with E-state index in [-0.39, 0.29) is 6.04 Å². The van der Waals surface area contributed by atoms with Crippen LogP contribution in [0.1, 0.15) is 18.4 Å². The Morgan fingerprint density at radius 1 is 1.37 bits per heavy atom. The molecule has 0 bridgehead atoms. The second-order valence-electron chi connectivity index (χ2n) is 4.75. The SMILES string of the molecule is CNS(=O)(=O)c1cc(NC2CCCOC2)ccc1C. The minimum atomic E-state index is -3.41. The molecular weight excluding hydrogens is 264 g/mol. The molecule has 1 atom stereocenters. The highest BCUT2D eigenvalue weighted by molar-refractivity contribution is 7.89. The van der Waals surface area contributed by atoms with E-state index in [1.165, 1.54) is 7.05 Å². The second-order valence-corrected chi connectivity index (χ2v) is 6.60. The van der Waals surface area contributed by atoms with Crippen LogP contribution >= 0.6 is 0 Å². The number of anilines is 1. The summed E-state index contributed by atoms with van der Waals surface area (Å²) in [6.45, 7) is 3.27. The summed E-state index contributed by atoms with van der Waals surface area (Å²) in [7, 11) is -1.99. The Morgan fingerprint density at radius 2 is 2.16 bits per heavy atom. The third-order valence-electron chi connectivity index (χ3n) is 3.28. The van der Waals surface area contributed by atoms with Crippen LogP contribution in [0.4, 0.5) is 5.69 Å². The fraction of sp³-hybridized carbons (Fsp3) is 0.538. The minimum Gasteiger partial charge on any atom is -0.380 e. The van der Waals surface area contributed by atoms with Gasteiger partial charge in [0.25, 0.3) is 0 Å². The largest absolute Gasteiger partial charge is 0.380 e. The molecule has 0 aliphatic carbocycles. The maximum Gasteiger partial charge on any atom is 0.240 e. The minimum absolute atomic E-state index is 0.251. The lowest BCUT2D eigenvalue weighted by atomic mass is 10.1. The molecule has 19 heavy (non-hydrogen) atoms. The molecule has 0 spiro atoms. The van der Waals surface area contributed by atoms with Crippen molar-refractivity contribution < 1.29 is 13.2 Å². The van der Waals surface area contributed by atoms with E-state index in [0.29, 0.717) is 11.5 Å². The Bertz CT molecular complexity index is 537. The average molecular weight is 284 g/mol. The summed E-state index contributed by atoms with van der Waals surface area (Å²) in [5, 5.41) is 3.33. The van der Waals surface area contributed by atoms with E-state index in [0.717, 1.165) is 30.7 Å². The van der Waals surface area contributed by atoms with Crippen LogP contribution in [0, 0.1) is 6.92 Å². The van der Waals surface area contributed by atoms with Crippen LogP contribution in [0.5, 0.6) is 0 Å². The topological polar surface area (TPSA) is 67.4 Å². The van der Waals surface area contributed by atoms with Gasteiger partial charge in [0.1, 0.15) is 0 Å². The molecule has 5 nitrogen and oxygen atoms in total. The molecule has 1 fully saturated rings. The summed E-state index contributed by atoms with van der Waals surface area (Å²) in [5.41, 5.74) is 1.55. The molecule has 1 aromatic carbocycles. The monoisotopic (exact) mass is 284 g/mol. The number of aryl methyl sites for hydroxylation is 1. The summed E-state index contributed by atoms with van der Waals surface area (Å²) in [6.07, 6.45) is 2.08. The van der Waals surface area contributed by atoms with Crippen LogP contribution in [0.15, 0.2) is 23.1 Å². The molecule has 2 N–H and O–H groups in total. The molecule has 1 heterocycles. The molecule has 0 saturated carbocycles. The molecule has 1 aliphatic heterocycles.